The molecule has 0 aliphatic rings. The summed E-state index contributed by atoms with van der Waals surface area (Å²) in [6.07, 6.45) is 0. The molecular weight excluding hydrogens is 194 g/mol. The number of rotatable bonds is 3. The van der Waals surface area contributed by atoms with Crippen LogP contribution < -0.4 is 5.32 Å². The molecule has 1 aromatic rings. The van der Waals surface area contributed by atoms with Crippen molar-refractivity contribution < 1.29 is 0 Å². The Balaban J connectivity index is 0.00000106. The van der Waals surface area contributed by atoms with E-state index in [9.17, 15) is 0 Å². The molecule has 0 amide bonds. The van der Waals surface area contributed by atoms with Gasteiger partial charge in [0.25, 0.3) is 0 Å². The zero-order valence-electron chi connectivity index (χ0n) is 11.6. The van der Waals surface area contributed by atoms with Crippen LogP contribution in [0.15, 0.2) is 24.3 Å². The highest BCUT2D eigenvalue weighted by Gasteiger charge is 2.02. The van der Waals surface area contributed by atoms with Gasteiger partial charge >= 0.3 is 0 Å². The summed E-state index contributed by atoms with van der Waals surface area (Å²) >= 11 is 0. The fraction of sp³-hybridized carbons (Fsp3) is 0.467. The Morgan fingerprint density at radius 3 is 1.94 bits per heavy atom. The maximum absolute atomic E-state index is 3.88. The molecule has 0 aromatic heterocycles. The van der Waals surface area contributed by atoms with Gasteiger partial charge in [-0.2, -0.15) is 0 Å². The maximum Gasteiger partial charge on any atom is 0.0402 e. The van der Waals surface area contributed by atoms with Crippen molar-refractivity contribution in [3.05, 3.63) is 41.0 Å². The van der Waals surface area contributed by atoms with Crippen LogP contribution in [-0.4, -0.2) is 6.54 Å². The summed E-state index contributed by atoms with van der Waals surface area (Å²) in [6.45, 7) is 17.2. The average Bonchev–Trinajstić information content (AvgIpc) is 2.18. The highest BCUT2D eigenvalue weighted by atomic mass is 14.9. The second-order valence-electron chi connectivity index (χ2n) is 4.08. The molecule has 90 valence electrons. The van der Waals surface area contributed by atoms with Crippen molar-refractivity contribution in [1.29, 1.82) is 0 Å². The van der Waals surface area contributed by atoms with E-state index < -0.39 is 0 Å². The second kappa shape index (κ2) is 7.10. The molecule has 1 heteroatoms. The first kappa shape index (κ1) is 14.8. The molecule has 16 heavy (non-hydrogen) atoms. The summed E-state index contributed by atoms with van der Waals surface area (Å²) in [6, 6.07) is 4.40. The Labute approximate surface area is 101 Å². The molecule has 1 aromatic carbocycles. The summed E-state index contributed by atoms with van der Waals surface area (Å²) in [4.78, 5) is 0. The van der Waals surface area contributed by atoms with Gasteiger partial charge in [-0.25, -0.2) is 0 Å². The van der Waals surface area contributed by atoms with Crippen LogP contribution in [0.4, 0.5) is 5.69 Å². The van der Waals surface area contributed by atoms with Crippen molar-refractivity contribution in [3.63, 3.8) is 0 Å². The lowest BCUT2D eigenvalue weighted by molar-refractivity contribution is 1.18. The van der Waals surface area contributed by atoms with E-state index in [0.29, 0.717) is 0 Å². The number of benzene rings is 1. The lowest BCUT2D eigenvalue weighted by Crippen LogP contribution is -2.05. The molecule has 0 saturated heterocycles. The summed E-state index contributed by atoms with van der Waals surface area (Å²) in [7, 11) is 0. The highest BCUT2D eigenvalue weighted by Crippen LogP contribution is 2.21. The number of hydrogen-bond donors (Lipinski definition) is 1. The molecular formula is C15H25N. The maximum atomic E-state index is 3.88. The zero-order chi connectivity index (χ0) is 12.7. The van der Waals surface area contributed by atoms with Crippen LogP contribution in [0, 0.1) is 20.8 Å². The topological polar surface area (TPSA) is 12.0 Å². The molecule has 1 nitrogen and oxygen atoms in total. The molecule has 0 aliphatic carbocycles. The van der Waals surface area contributed by atoms with E-state index in [0.717, 1.165) is 12.1 Å². The molecule has 0 unspecified atom stereocenters. The Bertz CT molecular complexity index is 327. The van der Waals surface area contributed by atoms with Crippen molar-refractivity contribution in [2.75, 3.05) is 11.9 Å². The predicted molar refractivity (Wildman–Crippen MR) is 75.3 cm³/mol. The molecule has 1 rings (SSSR count). The van der Waals surface area contributed by atoms with E-state index >= 15 is 0 Å². The third kappa shape index (κ3) is 4.52. The first-order chi connectivity index (χ1) is 7.50. The number of anilines is 1. The molecule has 0 spiro atoms. The zero-order valence-corrected chi connectivity index (χ0v) is 11.6. The Morgan fingerprint density at radius 2 is 1.56 bits per heavy atom. The Hall–Kier alpha value is -1.24. The first-order valence-electron chi connectivity index (χ1n) is 5.97. The lowest BCUT2D eigenvalue weighted by atomic mass is 10.1. The van der Waals surface area contributed by atoms with Crippen molar-refractivity contribution in [1.82, 2.24) is 0 Å². The van der Waals surface area contributed by atoms with Crippen molar-refractivity contribution in [2.24, 2.45) is 0 Å². The smallest absolute Gasteiger partial charge is 0.0402 e. The van der Waals surface area contributed by atoms with Crippen molar-refractivity contribution >= 4 is 5.69 Å². The average molecular weight is 219 g/mol. The SMILES string of the molecule is C=C(C)CNc1c(C)cc(C)cc1C.CC. The van der Waals surface area contributed by atoms with E-state index in [-0.39, 0.29) is 0 Å². The van der Waals surface area contributed by atoms with Crippen LogP contribution in [-0.2, 0) is 0 Å². The number of hydrogen-bond acceptors (Lipinski definition) is 1. The third-order valence-electron chi connectivity index (χ3n) is 2.24. The van der Waals surface area contributed by atoms with Gasteiger partial charge in [0.15, 0.2) is 0 Å². The first-order valence-corrected chi connectivity index (χ1v) is 5.97. The van der Waals surface area contributed by atoms with Gasteiger partial charge in [0.05, 0.1) is 0 Å². The van der Waals surface area contributed by atoms with Gasteiger partial charge in [-0.1, -0.05) is 43.7 Å². The molecule has 0 aliphatic heterocycles. The normalized spacial score (nSPS) is 9.12. The van der Waals surface area contributed by atoms with E-state index in [1.807, 2.05) is 20.8 Å². The molecule has 0 bridgehead atoms. The highest BCUT2D eigenvalue weighted by molar-refractivity contribution is 5.58. The predicted octanol–water partition coefficient (Wildman–Crippen LogP) is 4.63. The van der Waals surface area contributed by atoms with Gasteiger partial charge in [0, 0.05) is 12.2 Å². The van der Waals surface area contributed by atoms with Crippen LogP contribution >= 0.6 is 0 Å². The van der Waals surface area contributed by atoms with Crippen LogP contribution in [0.1, 0.15) is 37.5 Å². The van der Waals surface area contributed by atoms with Crippen LogP contribution in [0.25, 0.3) is 0 Å². The van der Waals surface area contributed by atoms with E-state index in [1.54, 1.807) is 0 Å². The summed E-state index contributed by atoms with van der Waals surface area (Å²) in [5.41, 5.74) is 6.34. The van der Waals surface area contributed by atoms with Gasteiger partial charge in [0.2, 0.25) is 0 Å². The third-order valence-corrected chi connectivity index (χ3v) is 2.24. The van der Waals surface area contributed by atoms with Gasteiger partial charge in [-0.15, -0.1) is 0 Å². The minimum absolute atomic E-state index is 0.852. The summed E-state index contributed by atoms with van der Waals surface area (Å²) in [5, 5.41) is 3.41. The van der Waals surface area contributed by atoms with Crippen molar-refractivity contribution in [2.45, 2.75) is 41.5 Å². The monoisotopic (exact) mass is 219 g/mol. The summed E-state index contributed by atoms with van der Waals surface area (Å²) < 4.78 is 0. The van der Waals surface area contributed by atoms with E-state index in [1.165, 1.54) is 22.4 Å². The van der Waals surface area contributed by atoms with Gasteiger partial charge in [-0.3, -0.25) is 0 Å². The standard InChI is InChI=1S/C13H19N.C2H6/c1-9(2)8-14-13-11(4)6-10(3)7-12(13)5;1-2/h6-7,14H,1,8H2,2-5H3;1-2H3. The van der Waals surface area contributed by atoms with Crippen LogP contribution in [0.5, 0.6) is 0 Å². The number of nitrogens with one attached hydrogen (secondary N) is 1. The number of aryl methyl sites for hydroxylation is 3. The summed E-state index contributed by atoms with van der Waals surface area (Å²) in [5.74, 6) is 0. The van der Waals surface area contributed by atoms with Crippen LogP contribution in [0.2, 0.25) is 0 Å². The molecule has 0 radical (unpaired) electrons. The van der Waals surface area contributed by atoms with Gasteiger partial charge in [0.1, 0.15) is 0 Å². The minimum Gasteiger partial charge on any atom is -0.381 e. The van der Waals surface area contributed by atoms with E-state index in [2.05, 4.69) is 44.8 Å². The Kier molecular flexibility index (Phi) is 6.55. The van der Waals surface area contributed by atoms with Gasteiger partial charge < -0.3 is 5.32 Å². The molecule has 0 atom stereocenters. The quantitative estimate of drug-likeness (QED) is 0.731. The molecule has 0 saturated carbocycles. The fourth-order valence-electron chi connectivity index (χ4n) is 1.70. The lowest BCUT2D eigenvalue weighted by Gasteiger charge is -2.13. The van der Waals surface area contributed by atoms with Crippen molar-refractivity contribution in [3.8, 4) is 0 Å². The minimum atomic E-state index is 0.852. The second-order valence-corrected chi connectivity index (χ2v) is 4.08. The van der Waals surface area contributed by atoms with Crippen LogP contribution in [0.3, 0.4) is 0 Å². The fourth-order valence-corrected chi connectivity index (χ4v) is 1.70. The molecule has 0 heterocycles. The Morgan fingerprint density at radius 1 is 1.12 bits per heavy atom. The molecule has 0 fully saturated rings. The van der Waals surface area contributed by atoms with Gasteiger partial charge in [-0.05, 0) is 38.8 Å². The largest absolute Gasteiger partial charge is 0.381 e. The van der Waals surface area contributed by atoms with E-state index in [4.69, 9.17) is 0 Å². The molecule has 1 N–H and O–H groups in total.